The number of rotatable bonds is 1. The smallest absolute Gasteiger partial charge is 0.0316 e. The molecular weight excluding hydrogens is 184 g/mol. The second kappa shape index (κ2) is 4.27. The Hall–Kier alpha value is -0.310. The van der Waals surface area contributed by atoms with E-state index in [2.05, 4.69) is 29.2 Å². The number of hydrogen-bond donors (Lipinski definition) is 0. The molecule has 2 aliphatic rings. The van der Waals surface area contributed by atoms with Gasteiger partial charge in [-0.2, -0.15) is 0 Å². The Labute approximate surface area is 84.6 Å². The zero-order valence-electron chi connectivity index (χ0n) is 7.69. The molecule has 0 aromatic rings. The van der Waals surface area contributed by atoms with Crippen molar-refractivity contribution in [1.29, 1.82) is 0 Å². The van der Waals surface area contributed by atoms with E-state index in [9.17, 15) is 0 Å². The molecule has 0 aromatic carbocycles. The molecule has 3 heteroatoms. The van der Waals surface area contributed by atoms with Crippen molar-refractivity contribution in [2.75, 3.05) is 26.2 Å². The third kappa shape index (κ3) is 2.33. The van der Waals surface area contributed by atoms with E-state index in [-0.39, 0.29) is 0 Å². The number of allylic oxidation sites excluding steroid dienone is 2. The third-order valence-electron chi connectivity index (χ3n) is 2.69. The maximum absolute atomic E-state index is 5.90. The summed E-state index contributed by atoms with van der Waals surface area (Å²) in [7, 11) is 0. The summed E-state index contributed by atoms with van der Waals surface area (Å²) in [4.78, 5) is 2.50. The van der Waals surface area contributed by atoms with E-state index in [1.54, 1.807) is 0 Å². The maximum atomic E-state index is 5.90. The van der Waals surface area contributed by atoms with Crippen LogP contribution in [0.2, 0.25) is 0 Å². The van der Waals surface area contributed by atoms with Crippen LogP contribution in [0.4, 0.5) is 0 Å². The fourth-order valence-corrected chi connectivity index (χ4v) is 2.02. The van der Waals surface area contributed by atoms with Gasteiger partial charge in [0, 0.05) is 32.2 Å². The average molecular weight is 199 g/mol. The van der Waals surface area contributed by atoms with Gasteiger partial charge in [-0.25, -0.2) is 4.42 Å². The fraction of sp³-hybridized carbons (Fsp3) is 0.600. The van der Waals surface area contributed by atoms with Crippen LogP contribution in [0.3, 0.4) is 0 Å². The monoisotopic (exact) mass is 198 g/mol. The Morgan fingerprint density at radius 1 is 1.08 bits per heavy atom. The molecule has 1 aliphatic heterocycles. The summed E-state index contributed by atoms with van der Waals surface area (Å²) in [6.07, 6.45) is 9.93. The minimum absolute atomic E-state index is 0.607. The lowest BCUT2D eigenvalue weighted by Crippen LogP contribution is -2.47. The van der Waals surface area contributed by atoms with Crippen LogP contribution in [0, 0.1) is 0 Å². The van der Waals surface area contributed by atoms with Crippen LogP contribution in [0.15, 0.2) is 24.3 Å². The van der Waals surface area contributed by atoms with E-state index in [4.69, 9.17) is 11.8 Å². The number of hydrogen-bond acceptors (Lipinski definition) is 2. The van der Waals surface area contributed by atoms with Crippen molar-refractivity contribution >= 4 is 11.8 Å². The molecule has 2 rings (SSSR count). The topological polar surface area (TPSA) is 6.48 Å². The van der Waals surface area contributed by atoms with Gasteiger partial charge < -0.3 is 0 Å². The standard InChI is InChI=1S/C10H15ClN2/c11-13-8-6-12(7-9-13)10-4-2-1-3-5-10/h1-4,10H,5-9H2/t10-/m1/s1. The quantitative estimate of drug-likeness (QED) is 0.592. The second-order valence-corrected chi connectivity index (χ2v) is 4.04. The van der Waals surface area contributed by atoms with Crippen LogP contribution < -0.4 is 0 Å². The third-order valence-corrected chi connectivity index (χ3v) is 3.02. The van der Waals surface area contributed by atoms with Gasteiger partial charge in [0.25, 0.3) is 0 Å². The minimum Gasteiger partial charge on any atom is -0.294 e. The summed E-state index contributed by atoms with van der Waals surface area (Å²) < 4.78 is 1.87. The predicted molar refractivity (Wildman–Crippen MR) is 55.7 cm³/mol. The SMILES string of the molecule is ClN1CCN([C@@H]2C=CC=CC2)CC1. The van der Waals surface area contributed by atoms with Crippen LogP contribution in [-0.4, -0.2) is 41.5 Å². The van der Waals surface area contributed by atoms with Crippen molar-refractivity contribution in [2.24, 2.45) is 0 Å². The van der Waals surface area contributed by atoms with Gasteiger partial charge in [-0.15, -0.1) is 0 Å². The summed E-state index contributed by atoms with van der Waals surface area (Å²) in [6.45, 7) is 4.14. The Morgan fingerprint density at radius 3 is 2.46 bits per heavy atom. The van der Waals surface area contributed by atoms with Crippen LogP contribution in [-0.2, 0) is 0 Å². The predicted octanol–water partition coefficient (Wildman–Crippen LogP) is 1.64. The summed E-state index contributed by atoms with van der Waals surface area (Å²) in [6, 6.07) is 0.607. The van der Waals surface area contributed by atoms with Crippen molar-refractivity contribution in [3.05, 3.63) is 24.3 Å². The molecule has 0 aromatic heterocycles. The van der Waals surface area contributed by atoms with Crippen molar-refractivity contribution in [1.82, 2.24) is 9.32 Å². The molecule has 1 atom stereocenters. The summed E-state index contributed by atoms with van der Waals surface area (Å²) >= 11 is 5.90. The largest absolute Gasteiger partial charge is 0.294 e. The number of halogens is 1. The lowest BCUT2D eigenvalue weighted by atomic mass is 10.1. The molecule has 0 amide bonds. The average Bonchev–Trinajstić information content (AvgIpc) is 2.20. The highest BCUT2D eigenvalue weighted by Gasteiger charge is 2.20. The fourth-order valence-electron chi connectivity index (χ4n) is 1.87. The molecule has 1 fully saturated rings. The first-order chi connectivity index (χ1) is 6.36. The highest BCUT2D eigenvalue weighted by Crippen LogP contribution is 2.14. The van der Waals surface area contributed by atoms with Gasteiger partial charge in [0.15, 0.2) is 0 Å². The van der Waals surface area contributed by atoms with E-state index >= 15 is 0 Å². The Kier molecular flexibility index (Phi) is 3.04. The summed E-state index contributed by atoms with van der Waals surface area (Å²) in [5.41, 5.74) is 0. The van der Waals surface area contributed by atoms with Gasteiger partial charge in [-0.3, -0.25) is 4.90 Å². The van der Waals surface area contributed by atoms with Gasteiger partial charge in [0.2, 0.25) is 0 Å². The molecule has 1 aliphatic carbocycles. The molecule has 0 spiro atoms. The molecule has 0 saturated carbocycles. The summed E-state index contributed by atoms with van der Waals surface area (Å²) in [5.74, 6) is 0. The maximum Gasteiger partial charge on any atom is 0.0316 e. The van der Waals surface area contributed by atoms with E-state index in [0.29, 0.717) is 6.04 Å². The van der Waals surface area contributed by atoms with E-state index < -0.39 is 0 Å². The highest BCUT2D eigenvalue weighted by molar-refractivity contribution is 6.13. The van der Waals surface area contributed by atoms with Crippen molar-refractivity contribution in [2.45, 2.75) is 12.5 Å². The Balaban J connectivity index is 1.87. The van der Waals surface area contributed by atoms with Crippen LogP contribution in [0.25, 0.3) is 0 Å². The normalized spacial score (nSPS) is 31.0. The van der Waals surface area contributed by atoms with Gasteiger partial charge in [0.05, 0.1) is 0 Å². The first kappa shape index (κ1) is 9.25. The lowest BCUT2D eigenvalue weighted by Gasteiger charge is -2.35. The number of piperazine rings is 1. The van der Waals surface area contributed by atoms with E-state index in [1.165, 1.54) is 0 Å². The molecule has 0 radical (unpaired) electrons. The van der Waals surface area contributed by atoms with E-state index in [0.717, 1.165) is 32.6 Å². The molecule has 0 N–H and O–H groups in total. The molecule has 72 valence electrons. The molecular formula is C10H15ClN2. The molecule has 0 unspecified atom stereocenters. The summed E-state index contributed by atoms with van der Waals surface area (Å²) in [5, 5.41) is 0. The van der Waals surface area contributed by atoms with Crippen LogP contribution in [0.5, 0.6) is 0 Å². The van der Waals surface area contributed by atoms with Crippen molar-refractivity contribution in [3.63, 3.8) is 0 Å². The van der Waals surface area contributed by atoms with Gasteiger partial charge in [0.1, 0.15) is 0 Å². The van der Waals surface area contributed by atoms with Crippen molar-refractivity contribution < 1.29 is 0 Å². The second-order valence-electron chi connectivity index (χ2n) is 3.56. The zero-order chi connectivity index (χ0) is 9.10. The molecule has 1 heterocycles. The van der Waals surface area contributed by atoms with E-state index in [1.807, 2.05) is 4.42 Å². The molecule has 13 heavy (non-hydrogen) atoms. The Bertz CT molecular complexity index is 217. The van der Waals surface area contributed by atoms with Crippen LogP contribution in [0.1, 0.15) is 6.42 Å². The zero-order valence-corrected chi connectivity index (χ0v) is 8.45. The van der Waals surface area contributed by atoms with Crippen LogP contribution >= 0.6 is 11.8 Å². The van der Waals surface area contributed by atoms with Gasteiger partial charge in [-0.1, -0.05) is 24.3 Å². The highest BCUT2D eigenvalue weighted by atomic mass is 35.5. The molecule has 0 bridgehead atoms. The van der Waals surface area contributed by atoms with Gasteiger partial charge >= 0.3 is 0 Å². The first-order valence-corrected chi connectivity index (χ1v) is 5.18. The van der Waals surface area contributed by atoms with Crippen molar-refractivity contribution in [3.8, 4) is 0 Å². The Morgan fingerprint density at radius 2 is 1.85 bits per heavy atom. The first-order valence-electron chi connectivity index (χ1n) is 4.84. The number of nitrogens with zero attached hydrogens (tertiary/aromatic N) is 2. The minimum atomic E-state index is 0.607. The molecule has 1 saturated heterocycles. The lowest BCUT2D eigenvalue weighted by molar-refractivity contribution is 0.161. The molecule has 2 nitrogen and oxygen atoms in total. The van der Waals surface area contributed by atoms with Gasteiger partial charge in [-0.05, 0) is 18.2 Å².